The Bertz CT molecular complexity index is 490. The van der Waals surface area contributed by atoms with Gasteiger partial charge in [0.1, 0.15) is 5.82 Å². The second-order valence-corrected chi connectivity index (χ2v) is 7.69. The molecule has 2 bridgehead atoms. The summed E-state index contributed by atoms with van der Waals surface area (Å²) < 4.78 is 14.6. The van der Waals surface area contributed by atoms with E-state index in [4.69, 9.17) is 0 Å². The van der Waals surface area contributed by atoms with Crippen LogP contribution in [0.5, 0.6) is 0 Å². The minimum absolute atomic E-state index is 0.129. The van der Waals surface area contributed by atoms with Crippen molar-refractivity contribution in [1.82, 2.24) is 5.32 Å². The molecule has 1 N–H and O–H groups in total. The Morgan fingerprint density at radius 1 is 1.33 bits per heavy atom. The maximum Gasteiger partial charge on any atom is 0.123 e. The topological polar surface area (TPSA) is 12.0 Å². The van der Waals surface area contributed by atoms with Crippen LogP contribution in [-0.4, -0.2) is 12.6 Å². The lowest BCUT2D eigenvalue weighted by atomic mass is 9.81. The lowest BCUT2D eigenvalue weighted by Gasteiger charge is -2.32. The SMILES string of the molecule is CCCNC(Cc1cc(F)ccc1Br)C1CC2CCC1C2. The van der Waals surface area contributed by atoms with E-state index in [1.165, 1.54) is 31.7 Å². The average molecular weight is 354 g/mol. The van der Waals surface area contributed by atoms with Crippen molar-refractivity contribution >= 4 is 15.9 Å². The number of rotatable bonds is 6. The van der Waals surface area contributed by atoms with Gasteiger partial charge in [-0.2, -0.15) is 0 Å². The van der Waals surface area contributed by atoms with Crippen molar-refractivity contribution in [2.45, 2.75) is 51.5 Å². The Kier molecular flexibility index (Phi) is 5.00. The minimum Gasteiger partial charge on any atom is -0.313 e. The van der Waals surface area contributed by atoms with E-state index in [0.717, 1.165) is 47.2 Å². The highest BCUT2D eigenvalue weighted by Crippen LogP contribution is 2.50. The van der Waals surface area contributed by atoms with Crippen molar-refractivity contribution in [2.24, 2.45) is 17.8 Å². The van der Waals surface area contributed by atoms with Crippen LogP contribution in [0.25, 0.3) is 0 Å². The van der Waals surface area contributed by atoms with Gasteiger partial charge in [0.05, 0.1) is 0 Å². The molecule has 1 nitrogen and oxygen atoms in total. The molecule has 2 saturated carbocycles. The summed E-state index contributed by atoms with van der Waals surface area (Å²) in [5.74, 6) is 2.51. The molecule has 0 radical (unpaired) electrons. The van der Waals surface area contributed by atoms with Gasteiger partial charge in [0.25, 0.3) is 0 Å². The van der Waals surface area contributed by atoms with Crippen LogP contribution in [-0.2, 0) is 6.42 Å². The van der Waals surface area contributed by atoms with Gasteiger partial charge in [0, 0.05) is 10.5 Å². The summed E-state index contributed by atoms with van der Waals surface area (Å²) in [4.78, 5) is 0. The Hall–Kier alpha value is -0.410. The summed E-state index contributed by atoms with van der Waals surface area (Å²) >= 11 is 3.58. The molecule has 0 aromatic heterocycles. The molecule has 2 fully saturated rings. The first-order chi connectivity index (χ1) is 10.2. The molecule has 21 heavy (non-hydrogen) atoms. The normalized spacial score (nSPS) is 29.0. The Labute approximate surface area is 135 Å². The van der Waals surface area contributed by atoms with E-state index in [9.17, 15) is 4.39 Å². The van der Waals surface area contributed by atoms with E-state index >= 15 is 0 Å². The molecule has 0 heterocycles. The van der Waals surface area contributed by atoms with Gasteiger partial charge in [0.15, 0.2) is 0 Å². The van der Waals surface area contributed by atoms with Gasteiger partial charge in [-0.3, -0.25) is 0 Å². The maximum absolute atomic E-state index is 13.5. The Balaban J connectivity index is 1.74. The number of hydrogen-bond acceptors (Lipinski definition) is 1. The smallest absolute Gasteiger partial charge is 0.123 e. The average Bonchev–Trinajstić information content (AvgIpc) is 3.09. The quantitative estimate of drug-likeness (QED) is 0.763. The molecular formula is C18H25BrFN. The molecule has 0 amide bonds. The molecule has 116 valence electrons. The fourth-order valence-corrected chi connectivity index (χ4v) is 4.84. The van der Waals surface area contributed by atoms with Crippen molar-refractivity contribution in [1.29, 1.82) is 0 Å². The van der Waals surface area contributed by atoms with Gasteiger partial charge < -0.3 is 5.32 Å². The lowest BCUT2D eigenvalue weighted by Crippen LogP contribution is -2.41. The van der Waals surface area contributed by atoms with Crippen LogP contribution >= 0.6 is 15.9 Å². The predicted molar refractivity (Wildman–Crippen MR) is 88.8 cm³/mol. The number of hydrogen-bond donors (Lipinski definition) is 1. The fraction of sp³-hybridized carbons (Fsp3) is 0.667. The summed E-state index contributed by atoms with van der Waals surface area (Å²) in [6, 6.07) is 5.55. The maximum atomic E-state index is 13.5. The first-order valence-electron chi connectivity index (χ1n) is 8.34. The molecule has 4 unspecified atom stereocenters. The van der Waals surface area contributed by atoms with Crippen LogP contribution in [0.2, 0.25) is 0 Å². The summed E-state index contributed by atoms with van der Waals surface area (Å²) in [6.07, 6.45) is 7.74. The monoisotopic (exact) mass is 353 g/mol. The van der Waals surface area contributed by atoms with Crippen LogP contribution in [0.1, 0.15) is 44.6 Å². The molecule has 3 heteroatoms. The lowest BCUT2D eigenvalue weighted by molar-refractivity contribution is 0.246. The van der Waals surface area contributed by atoms with Gasteiger partial charge in [-0.05, 0) is 80.2 Å². The third-order valence-corrected chi connectivity index (χ3v) is 6.19. The number of fused-ring (bicyclic) bond motifs is 2. The fourth-order valence-electron chi connectivity index (χ4n) is 4.43. The van der Waals surface area contributed by atoms with E-state index in [1.807, 2.05) is 6.07 Å². The van der Waals surface area contributed by atoms with E-state index in [2.05, 4.69) is 28.2 Å². The zero-order chi connectivity index (χ0) is 14.8. The van der Waals surface area contributed by atoms with Crippen molar-refractivity contribution < 1.29 is 4.39 Å². The molecule has 3 rings (SSSR count). The summed E-state index contributed by atoms with van der Waals surface area (Å²) in [5, 5.41) is 3.75. The van der Waals surface area contributed by atoms with Gasteiger partial charge in [-0.25, -0.2) is 4.39 Å². The van der Waals surface area contributed by atoms with E-state index < -0.39 is 0 Å². The summed E-state index contributed by atoms with van der Waals surface area (Å²) in [7, 11) is 0. The highest BCUT2D eigenvalue weighted by atomic mass is 79.9. The first-order valence-corrected chi connectivity index (χ1v) is 9.14. The molecule has 0 aliphatic heterocycles. The molecule has 0 spiro atoms. The second kappa shape index (κ2) is 6.78. The largest absolute Gasteiger partial charge is 0.313 e. The molecule has 2 aliphatic carbocycles. The third kappa shape index (κ3) is 3.50. The van der Waals surface area contributed by atoms with E-state index in [-0.39, 0.29) is 5.82 Å². The van der Waals surface area contributed by atoms with Gasteiger partial charge in [-0.1, -0.05) is 29.3 Å². The van der Waals surface area contributed by atoms with Crippen LogP contribution in [0.4, 0.5) is 4.39 Å². The molecule has 4 atom stereocenters. The Morgan fingerprint density at radius 3 is 2.86 bits per heavy atom. The van der Waals surface area contributed by atoms with Crippen molar-refractivity contribution in [3.8, 4) is 0 Å². The molecule has 1 aromatic rings. The standard InChI is InChI=1S/C18H25BrFN/c1-2-7-21-18(16-9-12-3-4-13(16)8-12)11-14-10-15(20)5-6-17(14)19/h5-6,10,12-13,16,18,21H,2-4,7-9,11H2,1H3. The summed E-state index contributed by atoms with van der Waals surface area (Å²) in [6.45, 7) is 3.27. The van der Waals surface area contributed by atoms with Crippen LogP contribution < -0.4 is 5.32 Å². The van der Waals surface area contributed by atoms with Crippen LogP contribution in [0.15, 0.2) is 22.7 Å². The minimum atomic E-state index is -0.129. The van der Waals surface area contributed by atoms with Gasteiger partial charge in [0.2, 0.25) is 0 Å². The summed E-state index contributed by atoms with van der Waals surface area (Å²) in [5.41, 5.74) is 1.10. The zero-order valence-electron chi connectivity index (χ0n) is 12.7. The van der Waals surface area contributed by atoms with Gasteiger partial charge in [-0.15, -0.1) is 0 Å². The van der Waals surface area contributed by atoms with E-state index in [1.54, 1.807) is 6.07 Å². The van der Waals surface area contributed by atoms with E-state index in [0.29, 0.717) is 6.04 Å². The molecule has 2 aliphatic rings. The van der Waals surface area contributed by atoms with Crippen LogP contribution in [0, 0.1) is 23.6 Å². The molecular weight excluding hydrogens is 329 g/mol. The van der Waals surface area contributed by atoms with Crippen LogP contribution in [0.3, 0.4) is 0 Å². The molecule has 0 saturated heterocycles. The first kappa shape index (κ1) is 15.5. The van der Waals surface area contributed by atoms with Crippen molar-refractivity contribution in [3.63, 3.8) is 0 Å². The number of nitrogens with one attached hydrogen (secondary N) is 1. The van der Waals surface area contributed by atoms with Crippen molar-refractivity contribution in [2.75, 3.05) is 6.54 Å². The third-order valence-electron chi connectivity index (χ3n) is 5.41. The Morgan fingerprint density at radius 2 is 2.19 bits per heavy atom. The predicted octanol–water partition coefficient (Wildman–Crippen LogP) is 4.94. The highest BCUT2D eigenvalue weighted by Gasteiger charge is 2.42. The second-order valence-electron chi connectivity index (χ2n) is 6.84. The zero-order valence-corrected chi connectivity index (χ0v) is 14.3. The van der Waals surface area contributed by atoms with Crippen molar-refractivity contribution in [3.05, 3.63) is 34.1 Å². The number of halogens is 2. The number of benzene rings is 1. The van der Waals surface area contributed by atoms with Gasteiger partial charge >= 0.3 is 0 Å². The highest BCUT2D eigenvalue weighted by molar-refractivity contribution is 9.10. The molecule has 1 aromatic carbocycles.